The number of thiazole rings is 1. The third-order valence-corrected chi connectivity index (χ3v) is 4.08. The fourth-order valence-corrected chi connectivity index (χ4v) is 2.63. The van der Waals surface area contributed by atoms with E-state index in [1.54, 1.807) is 11.3 Å². The number of anilines is 1. The first-order valence-electron chi connectivity index (χ1n) is 4.23. The predicted molar refractivity (Wildman–Crippen MR) is 57.6 cm³/mol. The number of rotatable bonds is 1. The Balaban J connectivity index is 2.14. The Morgan fingerprint density at radius 3 is 2.69 bits per heavy atom. The van der Waals surface area contributed by atoms with E-state index in [0.29, 0.717) is 0 Å². The molecule has 0 bridgehead atoms. The van der Waals surface area contributed by atoms with Crippen LogP contribution in [0.1, 0.15) is 5.69 Å². The molecule has 1 saturated heterocycles. The van der Waals surface area contributed by atoms with Crippen molar-refractivity contribution in [1.82, 2.24) is 4.98 Å². The molecule has 0 saturated carbocycles. The zero-order chi connectivity index (χ0) is 9.26. The average Bonchev–Trinajstić information content (AvgIpc) is 2.49. The number of halogens is 1. The summed E-state index contributed by atoms with van der Waals surface area (Å²) in [5, 5.41) is 1.10. The highest BCUT2D eigenvalue weighted by Gasteiger charge is 2.15. The zero-order valence-electron chi connectivity index (χ0n) is 7.42. The Hall–Kier alpha value is -0.130. The van der Waals surface area contributed by atoms with E-state index in [9.17, 15) is 0 Å². The van der Waals surface area contributed by atoms with Gasteiger partial charge in [-0.2, -0.15) is 0 Å². The van der Waals surface area contributed by atoms with Gasteiger partial charge in [0.05, 0.1) is 22.7 Å². The number of aryl methyl sites for hydroxylation is 1. The van der Waals surface area contributed by atoms with Gasteiger partial charge in [-0.05, 0) is 22.9 Å². The molecule has 2 rings (SSSR count). The molecule has 72 valence electrons. The van der Waals surface area contributed by atoms with E-state index in [4.69, 9.17) is 4.74 Å². The van der Waals surface area contributed by atoms with Gasteiger partial charge in [-0.1, -0.05) is 11.3 Å². The maximum atomic E-state index is 5.28. The second kappa shape index (κ2) is 3.94. The van der Waals surface area contributed by atoms with E-state index >= 15 is 0 Å². The first-order valence-corrected chi connectivity index (χ1v) is 5.84. The van der Waals surface area contributed by atoms with Crippen LogP contribution in [0.2, 0.25) is 0 Å². The monoisotopic (exact) mass is 262 g/mol. The van der Waals surface area contributed by atoms with Crippen molar-refractivity contribution >= 4 is 32.4 Å². The molecule has 5 heteroatoms. The van der Waals surface area contributed by atoms with Gasteiger partial charge in [-0.3, -0.25) is 0 Å². The van der Waals surface area contributed by atoms with Crippen molar-refractivity contribution in [2.75, 3.05) is 31.2 Å². The first kappa shape index (κ1) is 9.43. The van der Waals surface area contributed by atoms with E-state index in [2.05, 4.69) is 25.8 Å². The average molecular weight is 263 g/mol. The van der Waals surface area contributed by atoms with Gasteiger partial charge in [0.15, 0.2) is 5.13 Å². The predicted octanol–water partition coefficient (Wildman–Crippen LogP) is 2.05. The van der Waals surface area contributed by atoms with Gasteiger partial charge in [0, 0.05) is 13.1 Å². The van der Waals surface area contributed by atoms with E-state index < -0.39 is 0 Å². The smallest absolute Gasteiger partial charge is 0.186 e. The highest BCUT2D eigenvalue weighted by atomic mass is 79.9. The Morgan fingerprint density at radius 1 is 1.46 bits per heavy atom. The highest BCUT2D eigenvalue weighted by molar-refractivity contribution is 9.11. The number of aromatic nitrogens is 1. The summed E-state index contributed by atoms with van der Waals surface area (Å²) < 4.78 is 6.42. The van der Waals surface area contributed by atoms with Crippen LogP contribution in [0.5, 0.6) is 0 Å². The fourth-order valence-electron chi connectivity index (χ4n) is 1.25. The van der Waals surface area contributed by atoms with Crippen LogP contribution in [0.25, 0.3) is 0 Å². The Bertz CT molecular complexity index is 277. The summed E-state index contributed by atoms with van der Waals surface area (Å²) in [5.74, 6) is 0. The zero-order valence-corrected chi connectivity index (χ0v) is 9.82. The quantitative estimate of drug-likeness (QED) is 0.775. The molecule has 1 aliphatic heterocycles. The molecule has 0 radical (unpaired) electrons. The third-order valence-electron chi connectivity index (χ3n) is 2.01. The molecule has 0 amide bonds. The summed E-state index contributed by atoms with van der Waals surface area (Å²) >= 11 is 5.18. The van der Waals surface area contributed by atoms with Crippen LogP contribution < -0.4 is 4.90 Å². The molecule has 0 atom stereocenters. The van der Waals surface area contributed by atoms with Gasteiger partial charge >= 0.3 is 0 Å². The molecule has 1 aromatic heterocycles. The summed E-state index contributed by atoms with van der Waals surface area (Å²) in [6, 6.07) is 0. The van der Waals surface area contributed by atoms with Crippen LogP contribution in [-0.4, -0.2) is 31.3 Å². The summed E-state index contributed by atoms with van der Waals surface area (Å²) in [5.41, 5.74) is 1.08. The summed E-state index contributed by atoms with van der Waals surface area (Å²) in [4.78, 5) is 6.75. The number of ether oxygens (including phenoxy) is 1. The van der Waals surface area contributed by atoms with E-state index in [-0.39, 0.29) is 0 Å². The van der Waals surface area contributed by atoms with Crippen molar-refractivity contribution in [1.29, 1.82) is 0 Å². The van der Waals surface area contributed by atoms with Crippen molar-refractivity contribution in [3.05, 3.63) is 9.48 Å². The van der Waals surface area contributed by atoms with Crippen molar-refractivity contribution in [2.45, 2.75) is 6.92 Å². The molecular weight excluding hydrogens is 252 g/mol. The number of hydrogen-bond donors (Lipinski definition) is 0. The molecule has 0 spiro atoms. The van der Waals surface area contributed by atoms with Gasteiger partial charge in [0.25, 0.3) is 0 Å². The minimum atomic E-state index is 0.816. The van der Waals surface area contributed by atoms with Crippen LogP contribution >= 0.6 is 27.3 Å². The summed E-state index contributed by atoms with van der Waals surface area (Å²) in [6.07, 6.45) is 0. The van der Waals surface area contributed by atoms with Crippen LogP contribution in [0.3, 0.4) is 0 Å². The van der Waals surface area contributed by atoms with Gasteiger partial charge in [0.1, 0.15) is 0 Å². The van der Waals surface area contributed by atoms with Gasteiger partial charge in [-0.25, -0.2) is 4.98 Å². The molecule has 0 aliphatic carbocycles. The number of morpholine rings is 1. The van der Waals surface area contributed by atoms with Crippen LogP contribution in [-0.2, 0) is 4.74 Å². The number of nitrogens with zero attached hydrogens (tertiary/aromatic N) is 2. The maximum absolute atomic E-state index is 5.28. The van der Waals surface area contributed by atoms with E-state index in [1.807, 2.05) is 6.92 Å². The van der Waals surface area contributed by atoms with Crippen molar-refractivity contribution in [3.8, 4) is 0 Å². The molecule has 0 aromatic carbocycles. The SMILES string of the molecule is Cc1nc(N2CCOCC2)sc1Br. The number of hydrogen-bond acceptors (Lipinski definition) is 4. The van der Waals surface area contributed by atoms with Gasteiger partial charge in [-0.15, -0.1) is 0 Å². The minimum Gasteiger partial charge on any atom is -0.378 e. The lowest BCUT2D eigenvalue weighted by Crippen LogP contribution is -2.36. The molecule has 1 fully saturated rings. The second-order valence-corrected chi connectivity index (χ2v) is 5.25. The van der Waals surface area contributed by atoms with Crippen molar-refractivity contribution in [3.63, 3.8) is 0 Å². The van der Waals surface area contributed by atoms with Crippen molar-refractivity contribution in [2.24, 2.45) is 0 Å². The Kier molecular flexibility index (Phi) is 2.86. The van der Waals surface area contributed by atoms with Crippen LogP contribution in [0.4, 0.5) is 5.13 Å². The molecule has 13 heavy (non-hydrogen) atoms. The van der Waals surface area contributed by atoms with Crippen LogP contribution in [0.15, 0.2) is 3.79 Å². The molecular formula is C8H11BrN2OS. The second-order valence-electron chi connectivity index (χ2n) is 2.95. The fraction of sp³-hybridized carbons (Fsp3) is 0.625. The summed E-state index contributed by atoms with van der Waals surface area (Å²) in [6.45, 7) is 5.57. The maximum Gasteiger partial charge on any atom is 0.186 e. The lowest BCUT2D eigenvalue weighted by Gasteiger charge is -2.25. The minimum absolute atomic E-state index is 0.816. The standard InChI is InChI=1S/C8H11BrN2OS/c1-6-7(9)13-8(10-6)11-2-4-12-5-3-11/h2-5H2,1H3. The topological polar surface area (TPSA) is 25.4 Å². The van der Waals surface area contributed by atoms with Gasteiger partial charge < -0.3 is 9.64 Å². The molecule has 2 heterocycles. The molecule has 0 N–H and O–H groups in total. The molecule has 1 aromatic rings. The highest BCUT2D eigenvalue weighted by Crippen LogP contribution is 2.30. The molecule has 0 unspecified atom stereocenters. The Morgan fingerprint density at radius 2 is 2.15 bits per heavy atom. The lowest BCUT2D eigenvalue weighted by atomic mass is 10.5. The normalized spacial score (nSPS) is 17.8. The molecule has 1 aliphatic rings. The largest absolute Gasteiger partial charge is 0.378 e. The third kappa shape index (κ3) is 2.03. The van der Waals surface area contributed by atoms with Crippen LogP contribution in [0, 0.1) is 6.92 Å². The first-order chi connectivity index (χ1) is 6.27. The van der Waals surface area contributed by atoms with E-state index in [1.165, 1.54) is 0 Å². The Labute approximate surface area is 89.9 Å². The molecule has 3 nitrogen and oxygen atoms in total. The lowest BCUT2D eigenvalue weighted by molar-refractivity contribution is 0.122. The summed E-state index contributed by atoms with van der Waals surface area (Å²) in [7, 11) is 0. The van der Waals surface area contributed by atoms with E-state index in [0.717, 1.165) is 40.9 Å². The van der Waals surface area contributed by atoms with Crippen molar-refractivity contribution < 1.29 is 4.74 Å². The van der Waals surface area contributed by atoms with Gasteiger partial charge in [0.2, 0.25) is 0 Å².